The van der Waals surface area contributed by atoms with E-state index >= 15 is 0 Å². The molecular formula is C19H20N2O. The molecule has 2 aromatic carbocycles. The van der Waals surface area contributed by atoms with E-state index in [9.17, 15) is 4.79 Å². The molecule has 2 N–H and O–H groups in total. The lowest BCUT2D eigenvalue weighted by Crippen LogP contribution is -2.26. The van der Waals surface area contributed by atoms with Crippen molar-refractivity contribution in [1.29, 1.82) is 0 Å². The molecular weight excluding hydrogens is 272 g/mol. The number of ketones is 1. The summed E-state index contributed by atoms with van der Waals surface area (Å²) < 4.78 is 0. The van der Waals surface area contributed by atoms with E-state index < -0.39 is 0 Å². The van der Waals surface area contributed by atoms with Crippen LogP contribution in [0.2, 0.25) is 0 Å². The van der Waals surface area contributed by atoms with Gasteiger partial charge in [0.15, 0.2) is 5.78 Å². The van der Waals surface area contributed by atoms with E-state index in [0.717, 1.165) is 22.2 Å². The first-order valence-electron chi connectivity index (χ1n) is 7.51. The Balaban J connectivity index is 1.87. The van der Waals surface area contributed by atoms with E-state index in [1.54, 1.807) is 6.20 Å². The van der Waals surface area contributed by atoms with Crippen LogP contribution in [0.15, 0.2) is 48.7 Å². The standard InChI is InChI=1S/C19H20N2O/c1-12-7-6-10-17(13(12)2)21-14(3)19(22)16-11-20-18-9-5-4-8-15(16)18/h4-11,14,20-21H,1-3H3/t14-/m1/s1. The first kappa shape index (κ1) is 14.4. The zero-order valence-corrected chi connectivity index (χ0v) is 13.1. The summed E-state index contributed by atoms with van der Waals surface area (Å²) in [4.78, 5) is 15.9. The van der Waals surface area contributed by atoms with E-state index in [4.69, 9.17) is 0 Å². The number of H-pyrrole nitrogens is 1. The number of Topliss-reactive ketones (excluding diaryl/α,β-unsaturated/α-hetero) is 1. The molecule has 0 fully saturated rings. The van der Waals surface area contributed by atoms with Crippen molar-refractivity contribution in [2.75, 3.05) is 5.32 Å². The molecule has 3 heteroatoms. The van der Waals surface area contributed by atoms with Crippen molar-refractivity contribution in [2.24, 2.45) is 0 Å². The average Bonchev–Trinajstić information content (AvgIpc) is 2.95. The minimum Gasteiger partial charge on any atom is -0.375 e. The van der Waals surface area contributed by atoms with Crippen LogP contribution in [0, 0.1) is 13.8 Å². The summed E-state index contributed by atoms with van der Waals surface area (Å²) in [6.45, 7) is 6.05. The molecule has 0 bridgehead atoms. The monoisotopic (exact) mass is 292 g/mol. The van der Waals surface area contributed by atoms with Crippen LogP contribution in [0.4, 0.5) is 5.69 Å². The highest BCUT2D eigenvalue weighted by Gasteiger charge is 2.19. The molecule has 1 atom stereocenters. The van der Waals surface area contributed by atoms with Gasteiger partial charge in [0.05, 0.1) is 6.04 Å². The first-order chi connectivity index (χ1) is 10.6. The molecule has 0 aliphatic carbocycles. The van der Waals surface area contributed by atoms with Crippen LogP contribution in [0.25, 0.3) is 10.9 Å². The van der Waals surface area contributed by atoms with Crippen molar-refractivity contribution >= 4 is 22.4 Å². The minimum absolute atomic E-state index is 0.0957. The molecule has 0 spiro atoms. The average molecular weight is 292 g/mol. The van der Waals surface area contributed by atoms with Gasteiger partial charge in [0, 0.05) is 28.4 Å². The van der Waals surface area contributed by atoms with Gasteiger partial charge in [-0.25, -0.2) is 0 Å². The fourth-order valence-electron chi connectivity index (χ4n) is 2.71. The molecule has 3 aromatic rings. The molecule has 0 amide bonds. The van der Waals surface area contributed by atoms with E-state index in [2.05, 4.69) is 30.2 Å². The Morgan fingerprint density at radius 3 is 2.68 bits per heavy atom. The summed E-state index contributed by atoms with van der Waals surface area (Å²) in [7, 11) is 0. The Morgan fingerprint density at radius 2 is 1.86 bits per heavy atom. The van der Waals surface area contributed by atoms with Crippen LogP contribution in [-0.2, 0) is 0 Å². The number of hydrogen-bond donors (Lipinski definition) is 2. The Kier molecular flexibility index (Phi) is 3.72. The molecule has 1 heterocycles. The summed E-state index contributed by atoms with van der Waals surface area (Å²) in [6.07, 6.45) is 1.80. The number of aromatic nitrogens is 1. The lowest BCUT2D eigenvalue weighted by atomic mass is 10.0. The summed E-state index contributed by atoms with van der Waals surface area (Å²) in [5.41, 5.74) is 5.14. The van der Waals surface area contributed by atoms with Gasteiger partial charge < -0.3 is 10.3 Å². The van der Waals surface area contributed by atoms with Gasteiger partial charge in [-0.15, -0.1) is 0 Å². The van der Waals surface area contributed by atoms with Gasteiger partial charge in [0.25, 0.3) is 0 Å². The van der Waals surface area contributed by atoms with E-state index in [1.165, 1.54) is 11.1 Å². The Hall–Kier alpha value is -2.55. The van der Waals surface area contributed by atoms with Gasteiger partial charge in [-0.05, 0) is 44.0 Å². The maximum absolute atomic E-state index is 12.7. The van der Waals surface area contributed by atoms with Crippen LogP contribution in [-0.4, -0.2) is 16.8 Å². The van der Waals surface area contributed by atoms with Crippen molar-refractivity contribution in [1.82, 2.24) is 4.98 Å². The molecule has 0 aliphatic heterocycles. The number of rotatable bonds is 4. The smallest absolute Gasteiger partial charge is 0.186 e. The van der Waals surface area contributed by atoms with Gasteiger partial charge in [-0.2, -0.15) is 0 Å². The maximum atomic E-state index is 12.7. The van der Waals surface area contributed by atoms with Crippen molar-refractivity contribution in [2.45, 2.75) is 26.8 Å². The summed E-state index contributed by atoms with van der Waals surface area (Å²) in [5, 5.41) is 4.31. The Labute approximate surface area is 130 Å². The van der Waals surface area contributed by atoms with Gasteiger partial charge >= 0.3 is 0 Å². The van der Waals surface area contributed by atoms with Crippen LogP contribution >= 0.6 is 0 Å². The van der Waals surface area contributed by atoms with E-state index in [0.29, 0.717) is 0 Å². The summed E-state index contributed by atoms with van der Waals surface area (Å²) in [6, 6.07) is 13.7. The molecule has 0 unspecified atom stereocenters. The zero-order valence-electron chi connectivity index (χ0n) is 13.1. The molecule has 0 saturated carbocycles. The highest BCUT2D eigenvalue weighted by Crippen LogP contribution is 2.22. The van der Waals surface area contributed by atoms with E-state index in [-0.39, 0.29) is 11.8 Å². The van der Waals surface area contributed by atoms with Crippen LogP contribution in [0.1, 0.15) is 28.4 Å². The van der Waals surface area contributed by atoms with Crippen LogP contribution < -0.4 is 5.32 Å². The highest BCUT2D eigenvalue weighted by atomic mass is 16.1. The summed E-state index contributed by atoms with van der Waals surface area (Å²) >= 11 is 0. The predicted octanol–water partition coefficient (Wildman–Crippen LogP) is 4.47. The number of aryl methyl sites for hydroxylation is 1. The molecule has 0 saturated heterocycles. The SMILES string of the molecule is Cc1cccc(N[C@H](C)C(=O)c2c[nH]c3ccccc23)c1C. The van der Waals surface area contributed by atoms with E-state index in [1.807, 2.05) is 43.3 Å². The van der Waals surface area contributed by atoms with Gasteiger partial charge in [0.2, 0.25) is 0 Å². The lowest BCUT2D eigenvalue weighted by Gasteiger charge is -2.17. The van der Waals surface area contributed by atoms with Crippen molar-refractivity contribution in [3.63, 3.8) is 0 Å². The number of anilines is 1. The van der Waals surface area contributed by atoms with Crippen molar-refractivity contribution < 1.29 is 4.79 Å². The number of aromatic amines is 1. The molecule has 3 rings (SSSR count). The van der Waals surface area contributed by atoms with Gasteiger partial charge in [-0.3, -0.25) is 4.79 Å². The van der Waals surface area contributed by atoms with Crippen LogP contribution in [0.5, 0.6) is 0 Å². The second-order valence-electron chi connectivity index (χ2n) is 5.73. The summed E-state index contributed by atoms with van der Waals surface area (Å²) in [5.74, 6) is 0.0957. The highest BCUT2D eigenvalue weighted by molar-refractivity contribution is 6.11. The number of hydrogen-bond acceptors (Lipinski definition) is 2. The normalized spacial score (nSPS) is 12.3. The molecule has 22 heavy (non-hydrogen) atoms. The molecule has 112 valence electrons. The fraction of sp³-hybridized carbons (Fsp3) is 0.211. The largest absolute Gasteiger partial charge is 0.375 e. The number of para-hydroxylation sites is 1. The lowest BCUT2D eigenvalue weighted by molar-refractivity contribution is 0.0977. The third kappa shape index (κ3) is 2.50. The number of benzene rings is 2. The van der Waals surface area contributed by atoms with Crippen molar-refractivity contribution in [3.8, 4) is 0 Å². The molecule has 3 nitrogen and oxygen atoms in total. The van der Waals surface area contributed by atoms with Crippen LogP contribution in [0.3, 0.4) is 0 Å². The van der Waals surface area contributed by atoms with Gasteiger partial charge in [0.1, 0.15) is 0 Å². The van der Waals surface area contributed by atoms with Gasteiger partial charge in [-0.1, -0.05) is 30.3 Å². The number of carbonyl (C=O) groups is 1. The topological polar surface area (TPSA) is 44.9 Å². The Morgan fingerprint density at radius 1 is 1.09 bits per heavy atom. The molecule has 1 aromatic heterocycles. The first-order valence-corrected chi connectivity index (χ1v) is 7.51. The quantitative estimate of drug-likeness (QED) is 0.697. The third-order valence-corrected chi connectivity index (χ3v) is 4.22. The fourth-order valence-corrected chi connectivity index (χ4v) is 2.71. The predicted molar refractivity (Wildman–Crippen MR) is 91.6 cm³/mol. The van der Waals surface area contributed by atoms with Crippen molar-refractivity contribution in [3.05, 3.63) is 65.4 Å². The Bertz CT molecular complexity index is 832. The zero-order chi connectivity index (χ0) is 15.7. The molecule has 0 aliphatic rings. The molecule has 0 radical (unpaired) electrons. The number of fused-ring (bicyclic) bond motifs is 1. The maximum Gasteiger partial charge on any atom is 0.186 e. The number of nitrogens with one attached hydrogen (secondary N) is 2. The number of carbonyl (C=O) groups excluding carboxylic acids is 1. The second-order valence-corrected chi connectivity index (χ2v) is 5.73. The third-order valence-electron chi connectivity index (χ3n) is 4.22. The second kappa shape index (κ2) is 5.68. The minimum atomic E-state index is -0.278.